The molecule has 2 N–H and O–H groups in total. The molecule has 0 aromatic carbocycles. The normalized spacial score (nSPS) is 19.5. The maximum Gasteiger partial charge on any atom is 0.322 e. The van der Waals surface area contributed by atoms with Gasteiger partial charge in [-0.15, -0.1) is 0 Å². The van der Waals surface area contributed by atoms with E-state index in [0.29, 0.717) is 18.9 Å². The second kappa shape index (κ2) is 3.72. The van der Waals surface area contributed by atoms with Gasteiger partial charge in [-0.3, -0.25) is 4.79 Å². The summed E-state index contributed by atoms with van der Waals surface area (Å²) >= 11 is 0. The van der Waals surface area contributed by atoms with Crippen molar-refractivity contribution in [3.05, 3.63) is 0 Å². The lowest BCUT2D eigenvalue weighted by Crippen LogP contribution is -2.31. The second-order valence-electron chi connectivity index (χ2n) is 3.09. The second-order valence-corrected chi connectivity index (χ2v) is 3.09. The van der Waals surface area contributed by atoms with E-state index in [9.17, 15) is 4.79 Å². The van der Waals surface area contributed by atoms with Crippen molar-refractivity contribution in [2.75, 3.05) is 6.61 Å². The third kappa shape index (κ3) is 2.89. The van der Waals surface area contributed by atoms with E-state index in [1.165, 1.54) is 12.8 Å². The Bertz CT molecular complexity index is 143. The molecule has 0 spiro atoms. The highest BCUT2D eigenvalue weighted by Crippen LogP contribution is 2.28. The van der Waals surface area contributed by atoms with E-state index in [1.54, 1.807) is 0 Å². The monoisotopic (exact) mass is 157 g/mol. The molecule has 0 bridgehead atoms. The fourth-order valence-electron chi connectivity index (χ4n) is 0.758. The van der Waals surface area contributed by atoms with E-state index in [1.807, 2.05) is 6.92 Å². The molecule has 1 aliphatic rings. The highest BCUT2D eigenvalue weighted by molar-refractivity contribution is 5.75. The average Bonchev–Trinajstić information content (AvgIpc) is 2.81. The van der Waals surface area contributed by atoms with Gasteiger partial charge in [-0.2, -0.15) is 0 Å². The molecule has 1 atom stereocenters. The van der Waals surface area contributed by atoms with Crippen LogP contribution in [-0.2, 0) is 9.53 Å². The first-order valence-electron chi connectivity index (χ1n) is 4.16. The molecule has 0 amide bonds. The molecular formula is C8H15NO2. The Labute approximate surface area is 66.9 Å². The summed E-state index contributed by atoms with van der Waals surface area (Å²) in [5.41, 5.74) is 5.45. The molecule has 1 fully saturated rings. The van der Waals surface area contributed by atoms with Gasteiger partial charge in [0.25, 0.3) is 0 Å². The van der Waals surface area contributed by atoms with Crippen molar-refractivity contribution in [1.29, 1.82) is 0 Å². The van der Waals surface area contributed by atoms with Gasteiger partial charge in [0.1, 0.15) is 6.04 Å². The SMILES string of the molecule is CCC(N)C(=O)OCC1CC1. The number of carbonyl (C=O) groups excluding carboxylic acids is 1. The van der Waals surface area contributed by atoms with E-state index in [0.717, 1.165) is 0 Å². The topological polar surface area (TPSA) is 52.3 Å². The number of rotatable bonds is 4. The van der Waals surface area contributed by atoms with Gasteiger partial charge in [0.2, 0.25) is 0 Å². The molecule has 0 aromatic heterocycles. The third-order valence-corrected chi connectivity index (χ3v) is 1.90. The predicted molar refractivity (Wildman–Crippen MR) is 41.9 cm³/mol. The summed E-state index contributed by atoms with van der Waals surface area (Å²) in [6.07, 6.45) is 3.06. The fourth-order valence-corrected chi connectivity index (χ4v) is 0.758. The first-order valence-corrected chi connectivity index (χ1v) is 4.16. The highest BCUT2D eigenvalue weighted by atomic mass is 16.5. The van der Waals surface area contributed by atoms with Crippen LogP contribution in [0.5, 0.6) is 0 Å². The van der Waals surface area contributed by atoms with E-state index < -0.39 is 6.04 Å². The van der Waals surface area contributed by atoms with Gasteiger partial charge < -0.3 is 10.5 Å². The summed E-state index contributed by atoms with van der Waals surface area (Å²) in [6.45, 7) is 2.45. The van der Waals surface area contributed by atoms with Crippen LogP contribution >= 0.6 is 0 Å². The molecule has 0 heterocycles. The van der Waals surface area contributed by atoms with Crippen molar-refractivity contribution < 1.29 is 9.53 Å². The van der Waals surface area contributed by atoms with Crippen LogP contribution in [0.15, 0.2) is 0 Å². The summed E-state index contributed by atoms with van der Waals surface area (Å²) in [4.78, 5) is 11.0. The lowest BCUT2D eigenvalue weighted by molar-refractivity contribution is -0.145. The molecule has 0 radical (unpaired) electrons. The van der Waals surface area contributed by atoms with Gasteiger partial charge >= 0.3 is 5.97 Å². The van der Waals surface area contributed by atoms with E-state index in [4.69, 9.17) is 10.5 Å². The zero-order valence-corrected chi connectivity index (χ0v) is 6.88. The van der Waals surface area contributed by atoms with Crippen LogP contribution in [0, 0.1) is 5.92 Å². The van der Waals surface area contributed by atoms with Crippen molar-refractivity contribution in [1.82, 2.24) is 0 Å². The number of esters is 1. The smallest absolute Gasteiger partial charge is 0.322 e. The minimum Gasteiger partial charge on any atom is -0.464 e. The lowest BCUT2D eigenvalue weighted by Gasteiger charge is -2.07. The fraction of sp³-hybridized carbons (Fsp3) is 0.875. The summed E-state index contributed by atoms with van der Waals surface area (Å²) in [7, 11) is 0. The molecule has 3 heteroatoms. The Kier molecular flexibility index (Phi) is 2.88. The van der Waals surface area contributed by atoms with Crippen molar-refractivity contribution in [2.24, 2.45) is 11.7 Å². The molecular weight excluding hydrogens is 142 g/mol. The zero-order valence-electron chi connectivity index (χ0n) is 6.88. The Morgan fingerprint density at radius 1 is 1.73 bits per heavy atom. The molecule has 1 rings (SSSR count). The number of hydrogen-bond acceptors (Lipinski definition) is 3. The van der Waals surface area contributed by atoms with Gasteiger partial charge in [-0.25, -0.2) is 0 Å². The molecule has 11 heavy (non-hydrogen) atoms. The molecule has 3 nitrogen and oxygen atoms in total. The number of hydrogen-bond donors (Lipinski definition) is 1. The van der Waals surface area contributed by atoms with Gasteiger partial charge in [0, 0.05) is 0 Å². The average molecular weight is 157 g/mol. The van der Waals surface area contributed by atoms with E-state index >= 15 is 0 Å². The molecule has 0 saturated heterocycles. The lowest BCUT2D eigenvalue weighted by atomic mass is 10.2. The zero-order chi connectivity index (χ0) is 8.27. The van der Waals surface area contributed by atoms with Gasteiger partial charge in [-0.05, 0) is 25.2 Å². The Morgan fingerprint density at radius 2 is 2.36 bits per heavy atom. The maximum atomic E-state index is 11.0. The van der Waals surface area contributed by atoms with Crippen molar-refractivity contribution in [3.63, 3.8) is 0 Å². The first kappa shape index (κ1) is 8.53. The Hall–Kier alpha value is -0.570. The Balaban J connectivity index is 2.08. The standard InChI is InChI=1S/C8H15NO2/c1-2-7(9)8(10)11-5-6-3-4-6/h6-7H,2-5,9H2,1H3. The van der Waals surface area contributed by atoms with Crippen LogP contribution < -0.4 is 5.73 Å². The minimum absolute atomic E-state index is 0.251. The van der Waals surface area contributed by atoms with Crippen molar-refractivity contribution >= 4 is 5.97 Å². The van der Waals surface area contributed by atoms with Crippen molar-refractivity contribution in [3.8, 4) is 0 Å². The van der Waals surface area contributed by atoms with E-state index in [2.05, 4.69) is 0 Å². The van der Waals surface area contributed by atoms with Crippen LogP contribution in [0.4, 0.5) is 0 Å². The molecule has 0 aliphatic heterocycles. The molecule has 64 valence electrons. The summed E-state index contributed by atoms with van der Waals surface area (Å²) in [5.74, 6) is 0.377. The third-order valence-electron chi connectivity index (χ3n) is 1.90. The van der Waals surface area contributed by atoms with Gasteiger partial charge in [0.15, 0.2) is 0 Å². The molecule has 1 aliphatic carbocycles. The Morgan fingerprint density at radius 3 is 2.82 bits per heavy atom. The summed E-state index contributed by atoms with van der Waals surface area (Å²) in [5, 5.41) is 0. The van der Waals surface area contributed by atoms with Crippen LogP contribution in [0.25, 0.3) is 0 Å². The quantitative estimate of drug-likeness (QED) is 0.610. The first-order chi connectivity index (χ1) is 5.24. The van der Waals surface area contributed by atoms with Crippen LogP contribution in [0.1, 0.15) is 26.2 Å². The summed E-state index contributed by atoms with van der Waals surface area (Å²) in [6, 6.07) is -0.422. The predicted octanol–water partition coefficient (Wildman–Crippen LogP) is 0.677. The van der Waals surface area contributed by atoms with Crippen LogP contribution in [0.2, 0.25) is 0 Å². The van der Waals surface area contributed by atoms with E-state index in [-0.39, 0.29) is 5.97 Å². The largest absolute Gasteiger partial charge is 0.464 e. The molecule has 1 unspecified atom stereocenters. The maximum absolute atomic E-state index is 11.0. The van der Waals surface area contributed by atoms with Gasteiger partial charge in [-0.1, -0.05) is 6.92 Å². The number of carbonyl (C=O) groups is 1. The number of nitrogens with two attached hydrogens (primary N) is 1. The van der Waals surface area contributed by atoms with Crippen LogP contribution in [0.3, 0.4) is 0 Å². The van der Waals surface area contributed by atoms with Gasteiger partial charge in [0.05, 0.1) is 6.61 Å². The molecule has 0 aromatic rings. The van der Waals surface area contributed by atoms with Crippen LogP contribution in [-0.4, -0.2) is 18.6 Å². The minimum atomic E-state index is -0.422. The highest BCUT2D eigenvalue weighted by Gasteiger charge is 2.24. The molecule has 1 saturated carbocycles. The van der Waals surface area contributed by atoms with Crippen molar-refractivity contribution in [2.45, 2.75) is 32.2 Å². The summed E-state index contributed by atoms with van der Waals surface area (Å²) < 4.78 is 4.95. The number of ether oxygens (including phenoxy) is 1.